The number of urea groups is 1. The Morgan fingerprint density at radius 1 is 1.58 bits per heavy atom. The third-order valence-electron chi connectivity index (χ3n) is 2.29. The van der Waals surface area contributed by atoms with Gasteiger partial charge in [0.25, 0.3) is 0 Å². The van der Waals surface area contributed by atoms with Crippen LogP contribution >= 0.6 is 11.3 Å². The van der Waals surface area contributed by atoms with E-state index in [1.54, 1.807) is 4.90 Å². The van der Waals surface area contributed by atoms with Crippen LogP contribution in [0.5, 0.6) is 0 Å². The first kappa shape index (κ1) is 15.2. The van der Waals surface area contributed by atoms with E-state index in [9.17, 15) is 9.59 Å². The number of hydrogen-bond acceptors (Lipinski definition) is 4. The zero-order chi connectivity index (χ0) is 14.4. The number of carbonyl (C=O) groups is 2. The number of nitrogens with zero attached hydrogens (tertiary/aromatic N) is 2. The third-order valence-corrected chi connectivity index (χ3v) is 3.14. The van der Waals surface area contributed by atoms with E-state index >= 15 is 0 Å². The van der Waals surface area contributed by atoms with E-state index in [2.05, 4.69) is 16.9 Å². The molecule has 7 heteroatoms. The van der Waals surface area contributed by atoms with E-state index in [4.69, 9.17) is 5.11 Å². The van der Waals surface area contributed by atoms with Crippen LogP contribution in [0.25, 0.3) is 0 Å². The number of carboxylic acids is 1. The average molecular weight is 283 g/mol. The minimum atomic E-state index is -1.06. The van der Waals surface area contributed by atoms with Gasteiger partial charge in [0.15, 0.2) is 5.69 Å². The summed E-state index contributed by atoms with van der Waals surface area (Å²) in [5, 5.41) is 13.5. The van der Waals surface area contributed by atoms with Crippen LogP contribution in [0.3, 0.4) is 0 Å². The lowest BCUT2D eigenvalue weighted by Crippen LogP contribution is -2.40. The average Bonchev–Trinajstić information content (AvgIpc) is 2.81. The summed E-state index contributed by atoms with van der Waals surface area (Å²) in [7, 11) is 0. The molecule has 1 heterocycles. The number of aromatic nitrogens is 1. The molecule has 0 aliphatic heterocycles. The third kappa shape index (κ3) is 4.70. The van der Waals surface area contributed by atoms with E-state index in [1.807, 2.05) is 13.8 Å². The van der Waals surface area contributed by atoms with Crippen LogP contribution in [0, 0.1) is 0 Å². The van der Waals surface area contributed by atoms with Crippen molar-refractivity contribution in [2.75, 3.05) is 13.1 Å². The van der Waals surface area contributed by atoms with Crippen LogP contribution in [0.4, 0.5) is 4.79 Å². The van der Waals surface area contributed by atoms with Gasteiger partial charge in [-0.25, -0.2) is 14.6 Å². The van der Waals surface area contributed by atoms with E-state index in [0.717, 1.165) is 5.57 Å². The molecule has 0 saturated carbocycles. The van der Waals surface area contributed by atoms with Crippen molar-refractivity contribution < 1.29 is 14.7 Å². The highest BCUT2D eigenvalue weighted by molar-refractivity contribution is 7.09. The molecule has 0 radical (unpaired) electrons. The fourth-order valence-electron chi connectivity index (χ4n) is 1.41. The zero-order valence-electron chi connectivity index (χ0n) is 11.0. The standard InChI is InChI=1S/C12H17N3O3S/c1-4-15(6-8(2)3)12(18)13-5-10-14-9(7-19-10)11(16)17/h7H,2,4-6H2,1,3H3,(H,13,18)(H,16,17). The predicted octanol–water partition coefficient (Wildman–Crippen LogP) is 1.95. The van der Waals surface area contributed by atoms with E-state index < -0.39 is 5.97 Å². The van der Waals surface area contributed by atoms with Crippen molar-refractivity contribution in [1.29, 1.82) is 0 Å². The van der Waals surface area contributed by atoms with Gasteiger partial charge in [-0.05, 0) is 13.8 Å². The lowest BCUT2D eigenvalue weighted by molar-refractivity contribution is 0.0691. The van der Waals surface area contributed by atoms with Crippen molar-refractivity contribution in [1.82, 2.24) is 15.2 Å². The summed E-state index contributed by atoms with van der Waals surface area (Å²) in [6, 6.07) is -0.211. The summed E-state index contributed by atoms with van der Waals surface area (Å²) in [6.45, 7) is 8.82. The van der Waals surface area contributed by atoms with Crippen LogP contribution < -0.4 is 5.32 Å². The topological polar surface area (TPSA) is 82.5 Å². The summed E-state index contributed by atoms with van der Waals surface area (Å²) in [4.78, 5) is 28.0. The van der Waals surface area contributed by atoms with Gasteiger partial charge in [0.1, 0.15) is 5.01 Å². The van der Waals surface area contributed by atoms with Gasteiger partial charge in [-0.15, -0.1) is 11.3 Å². The van der Waals surface area contributed by atoms with Crippen LogP contribution in [0.15, 0.2) is 17.5 Å². The molecule has 6 nitrogen and oxygen atoms in total. The van der Waals surface area contributed by atoms with Gasteiger partial charge < -0.3 is 15.3 Å². The Balaban J connectivity index is 2.52. The lowest BCUT2D eigenvalue weighted by Gasteiger charge is -2.21. The molecule has 19 heavy (non-hydrogen) atoms. The van der Waals surface area contributed by atoms with Crippen molar-refractivity contribution in [3.8, 4) is 0 Å². The number of thiazole rings is 1. The number of carbonyl (C=O) groups excluding carboxylic acids is 1. The highest BCUT2D eigenvalue weighted by Gasteiger charge is 2.13. The van der Waals surface area contributed by atoms with E-state index in [1.165, 1.54) is 16.7 Å². The summed E-state index contributed by atoms with van der Waals surface area (Å²) < 4.78 is 0. The summed E-state index contributed by atoms with van der Waals surface area (Å²) in [5.41, 5.74) is 0.906. The van der Waals surface area contributed by atoms with Crippen molar-refractivity contribution in [2.45, 2.75) is 20.4 Å². The first-order valence-electron chi connectivity index (χ1n) is 5.78. The Bertz CT molecular complexity index is 484. The quantitative estimate of drug-likeness (QED) is 0.782. The highest BCUT2D eigenvalue weighted by atomic mass is 32.1. The first-order valence-corrected chi connectivity index (χ1v) is 6.66. The molecular weight excluding hydrogens is 266 g/mol. The number of likely N-dealkylation sites (N-methyl/N-ethyl adjacent to an activating group) is 1. The molecule has 104 valence electrons. The largest absolute Gasteiger partial charge is 0.476 e. The minimum Gasteiger partial charge on any atom is -0.476 e. The van der Waals surface area contributed by atoms with Gasteiger partial charge in [0, 0.05) is 18.5 Å². The van der Waals surface area contributed by atoms with Gasteiger partial charge >= 0.3 is 12.0 Å². The zero-order valence-corrected chi connectivity index (χ0v) is 11.8. The van der Waals surface area contributed by atoms with Gasteiger partial charge in [-0.1, -0.05) is 12.2 Å². The molecule has 0 aliphatic carbocycles. The molecule has 1 aromatic heterocycles. The molecule has 0 unspecified atom stereocenters. The number of rotatable bonds is 6. The Morgan fingerprint density at radius 3 is 2.74 bits per heavy atom. The number of aromatic carboxylic acids is 1. The normalized spacial score (nSPS) is 10.0. The number of amides is 2. The van der Waals surface area contributed by atoms with Gasteiger partial charge in [-0.2, -0.15) is 0 Å². The molecule has 0 aliphatic rings. The molecule has 0 aromatic carbocycles. The monoisotopic (exact) mass is 283 g/mol. The summed E-state index contributed by atoms with van der Waals surface area (Å²) in [5.74, 6) is -1.06. The Labute approximate surface area is 115 Å². The molecule has 0 spiro atoms. The van der Waals surface area contributed by atoms with E-state index in [0.29, 0.717) is 18.1 Å². The predicted molar refractivity (Wildman–Crippen MR) is 73.4 cm³/mol. The molecule has 0 saturated heterocycles. The molecule has 0 bridgehead atoms. The van der Waals surface area contributed by atoms with Crippen molar-refractivity contribution in [3.63, 3.8) is 0 Å². The second-order valence-electron chi connectivity index (χ2n) is 4.06. The maximum atomic E-state index is 11.9. The molecule has 0 atom stereocenters. The SMILES string of the molecule is C=C(C)CN(CC)C(=O)NCc1nc(C(=O)O)cs1. The highest BCUT2D eigenvalue weighted by Crippen LogP contribution is 2.09. The summed E-state index contributed by atoms with van der Waals surface area (Å²) >= 11 is 1.21. The molecule has 1 rings (SSSR count). The molecule has 2 amide bonds. The van der Waals surface area contributed by atoms with Crippen LogP contribution in [0.1, 0.15) is 29.3 Å². The summed E-state index contributed by atoms with van der Waals surface area (Å²) in [6.07, 6.45) is 0. The van der Waals surface area contributed by atoms with Gasteiger partial charge in [0.2, 0.25) is 0 Å². The molecule has 2 N–H and O–H groups in total. The van der Waals surface area contributed by atoms with Crippen LogP contribution in [-0.4, -0.2) is 40.1 Å². The van der Waals surface area contributed by atoms with Gasteiger partial charge in [0.05, 0.1) is 6.54 Å². The molecule has 0 fully saturated rings. The molecular formula is C12H17N3O3S. The minimum absolute atomic E-state index is 0.00327. The van der Waals surface area contributed by atoms with Crippen LogP contribution in [-0.2, 0) is 6.54 Å². The van der Waals surface area contributed by atoms with Crippen molar-refractivity contribution >= 4 is 23.3 Å². The Hall–Kier alpha value is -1.89. The maximum absolute atomic E-state index is 11.9. The second-order valence-corrected chi connectivity index (χ2v) is 5.00. The second kappa shape index (κ2) is 6.89. The Morgan fingerprint density at radius 2 is 2.26 bits per heavy atom. The van der Waals surface area contributed by atoms with Crippen molar-refractivity contribution in [2.24, 2.45) is 0 Å². The first-order chi connectivity index (χ1) is 8.93. The number of nitrogens with one attached hydrogen (secondary N) is 1. The van der Waals surface area contributed by atoms with E-state index in [-0.39, 0.29) is 18.3 Å². The number of hydrogen-bond donors (Lipinski definition) is 2. The van der Waals surface area contributed by atoms with Crippen LogP contribution in [0.2, 0.25) is 0 Å². The molecule has 1 aromatic rings. The Kier molecular flexibility index (Phi) is 5.50. The van der Waals surface area contributed by atoms with Gasteiger partial charge in [-0.3, -0.25) is 0 Å². The fraction of sp³-hybridized carbons (Fsp3) is 0.417. The smallest absolute Gasteiger partial charge is 0.355 e. The van der Waals surface area contributed by atoms with Crippen molar-refractivity contribution in [3.05, 3.63) is 28.2 Å². The lowest BCUT2D eigenvalue weighted by atomic mass is 10.3. The number of carboxylic acid groups (broad SMARTS) is 1. The maximum Gasteiger partial charge on any atom is 0.355 e. The fourth-order valence-corrected chi connectivity index (χ4v) is 2.11.